The van der Waals surface area contributed by atoms with Gasteiger partial charge in [-0.05, 0) is 29.7 Å². The summed E-state index contributed by atoms with van der Waals surface area (Å²) in [5, 5.41) is 7.95. The van der Waals surface area contributed by atoms with E-state index in [0.29, 0.717) is 19.7 Å². The van der Waals surface area contributed by atoms with Crippen LogP contribution in [0.5, 0.6) is 5.75 Å². The van der Waals surface area contributed by atoms with E-state index in [1.165, 1.54) is 5.56 Å². The highest BCUT2D eigenvalue weighted by Gasteiger charge is 2.12. The smallest absolute Gasteiger partial charge is 0.119 e. The fraction of sp³-hybridized carbons (Fsp3) is 0.500. The van der Waals surface area contributed by atoms with Crippen molar-refractivity contribution in [1.29, 1.82) is 0 Å². The van der Waals surface area contributed by atoms with E-state index >= 15 is 0 Å². The molecule has 5 heteroatoms. The summed E-state index contributed by atoms with van der Waals surface area (Å²) in [6.45, 7) is 8.44. The van der Waals surface area contributed by atoms with Crippen molar-refractivity contribution >= 4 is 0 Å². The zero-order chi connectivity index (χ0) is 15.3. The first kappa shape index (κ1) is 15.5. The number of hydrogen-bond acceptors (Lipinski definition) is 4. The number of nitrogens with zero attached hydrogens (tertiary/aromatic N) is 3. The fourth-order valence-electron chi connectivity index (χ4n) is 2.11. The van der Waals surface area contributed by atoms with Crippen molar-refractivity contribution in [3.63, 3.8) is 0 Å². The normalized spacial score (nSPS) is 11.6. The van der Waals surface area contributed by atoms with E-state index in [9.17, 15) is 0 Å². The maximum atomic E-state index is 5.76. The Morgan fingerprint density at radius 1 is 1.19 bits per heavy atom. The molecule has 1 heterocycles. The van der Waals surface area contributed by atoms with Crippen LogP contribution in [0.3, 0.4) is 0 Å². The molecule has 0 saturated carbocycles. The Hall–Kier alpha value is -1.88. The molecule has 0 aliphatic carbocycles. The van der Waals surface area contributed by atoms with Gasteiger partial charge >= 0.3 is 0 Å². The third-order valence-electron chi connectivity index (χ3n) is 3.39. The summed E-state index contributed by atoms with van der Waals surface area (Å²) in [4.78, 5) is 0. The Kier molecular flexibility index (Phi) is 4.96. The summed E-state index contributed by atoms with van der Waals surface area (Å²) in [6.07, 6.45) is 2.54. The maximum Gasteiger partial charge on any atom is 0.119 e. The molecule has 0 spiro atoms. The number of nitrogens with two attached hydrogens (primary N) is 1. The summed E-state index contributed by atoms with van der Waals surface area (Å²) in [5.74, 6) is 0.878. The van der Waals surface area contributed by atoms with Crippen molar-refractivity contribution in [2.24, 2.45) is 5.73 Å². The molecule has 0 fully saturated rings. The molecule has 0 atom stereocenters. The molecule has 0 saturated heterocycles. The predicted octanol–water partition coefficient (Wildman–Crippen LogP) is 2.16. The first-order chi connectivity index (χ1) is 10.0. The van der Waals surface area contributed by atoms with Crippen LogP contribution in [0.25, 0.3) is 0 Å². The second kappa shape index (κ2) is 6.72. The van der Waals surface area contributed by atoms with Crippen LogP contribution in [0.15, 0.2) is 30.5 Å². The van der Waals surface area contributed by atoms with Crippen LogP contribution >= 0.6 is 0 Å². The molecule has 1 aromatic heterocycles. The number of aromatic nitrogens is 3. The van der Waals surface area contributed by atoms with Gasteiger partial charge in [-0.1, -0.05) is 38.1 Å². The maximum absolute atomic E-state index is 5.76. The molecule has 2 rings (SSSR count). The lowest BCUT2D eigenvalue weighted by molar-refractivity contribution is 0.287. The van der Waals surface area contributed by atoms with Crippen molar-refractivity contribution in [1.82, 2.24) is 15.0 Å². The van der Waals surface area contributed by atoms with Crippen LogP contribution in [-0.4, -0.2) is 28.1 Å². The monoisotopic (exact) mass is 288 g/mol. The Bertz CT molecular complexity index is 554. The van der Waals surface area contributed by atoms with E-state index < -0.39 is 0 Å². The molecule has 0 radical (unpaired) electrons. The highest BCUT2D eigenvalue weighted by Crippen LogP contribution is 2.24. The lowest BCUT2D eigenvalue weighted by Gasteiger charge is -2.19. The van der Waals surface area contributed by atoms with E-state index in [2.05, 4.69) is 43.2 Å². The predicted molar refractivity (Wildman–Crippen MR) is 83.4 cm³/mol. The Balaban J connectivity index is 1.87. The Morgan fingerprint density at radius 3 is 2.52 bits per heavy atom. The van der Waals surface area contributed by atoms with Crippen molar-refractivity contribution in [3.05, 3.63) is 41.7 Å². The molecule has 1 aromatic carbocycles. The van der Waals surface area contributed by atoms with Gasteiger partial charge in [-0.15, -0.1) is 5.10 Å². The molecule has 0 unspecified atom stereocenters. The van der Waals surface area contributed by atoms with Gasteiger partial charge in [0.05, 0.1) is 18.4 Å². The lowest BCUT2D eigenvalue weighted by Crippen LogP contribution is -2.15. The molecule has 114 valence electrons. The van der Waals surface area contributed by atoms with Gasteiger partial charge in [0.15, 0.2) is 0 Å². The van der Waals surface area contributed by atoms with Gasteiger partial charge in [0.25, 0.3) is 0 Å². The van der Waals surface area contributed by atoms with Crippen molar-refractivity contribution in [2.45, 2.75) is 39.2 Å². The standard InChI is InChI=1S/C16H24N4O/c1-16(2,3)13-4-6-15(7-5-13)21-11-10-20-14(8-9-17)12-18-19-20/h4-7,12H,8-11,17H2,1-3H3. The van der Waals surface area contributed by atoms with E-state index in [4.69, 9.17) is 10.5 Å². The van der Waals surface area contributed by atoms with Gasteiger partial charge in [-0.25, -0.2) is 4.68 Å². The van der Waals surface area contributed by atoms with Crippen molar-refractivity contribution in [3.8, 4) is 5.75 Å². The summed E-state index contributed by atoms with van der Waals surface area (Å²) in [5.41, 5.74) is 8.07. The van der Waals surface area contributed by atoms with Crippen LogP contribution in [0, 0.1) is 0 Å². The Morgan fingerprint density at radius 2 is 1.90 bits per heavy atom. The minimum Gasteiger partial charge on any atom is -0.492 e. The molecule has 0 aliphatic rings. The highest BCUT2D eigenvalue weighted by atomic mass is 16.5. The van der Waals surface area contributed by atoms with Gasteiger partial charge in [0, 0.05) is 6.42 Å². The van der Waals surface area contributed by atoms with Crippen molar-refractivity contribution < 1.29 is 4.74 Å². The van der Waals surface area contributed by atoms with Crippen LogP contribution in [0.4, 0.5) is 0 Å². The van der Waals surface area contributed by atoms with Crippen molar-refractivity contribution in [2.75, 3.05) is 13.2 Å². The van der Waals surface area contributed by atoms with Gasteiger partial charge < -0.3 is 10.5 Å². The molecule has 2 aromatic rings. The van der Waals surface area contributed by atoms with Gasteiger partial charge in [0.2, 0.25) is 0 Å². The first-order valence-corrected chi connectivity index (χ1v) is 7.31. The number of benzene rings is 1. The molecular weight excluding hydrogens is 264 g/mol. The van der Waals surface area contributed by atoms with E-state index in [1.54, 1.807) is 6.20 Å². The first-order valence-electron chi connectivity index (χ1n) is 7.31. The largest absolute Gasteiger partial charge is 0.492 e. The van der Waals surface area contributed by atoms with Gasteiger partial charge in [-0.2, -0.15) is 0 Å². The summed E-state index contributed by atoms with van der Waals surface area (Å²) in [7, 11) is 0. The third-order valence-corrected chi connectivity index (χ3v) is 3.39. The number of ether oxygens (including phenoxy) is 1. The topological polar surface area (TPSA) is 66.0 Å². The minimum atomic E-state index is 0.163. The van der Waals surface area contributed by atoms with Crippen LogP contribution < -0.4 is 10.5 Å². The molecule has 21 heavy (non-hydrogen) atoms. The highest BCUT2D eigenvalue weighted by molar-refractivity contribution is 5.31. The second-order valence-corrected chi connectivity index (χ2v) is 6.11. The molecule has 0 aliphatic heterocycles. The number of hydrogen-bond donors (Lipinski definition) is 1. The number of rotatable bonds is 6. The third kappa shape index (κ3) is 4.29. The zero-order valence-electron chi connectivity index (χ0n) is 13.0. The zero-order valence-corrected chi connectivity index (χ0v) is 13.0. The van der Waals surface area contributed by atoms with Gasteiger partial charge in [0.1, 0.15) is 12.4 Å². The van der Waals surface area contributed by atoms with Crippen LogP contribution in [-0.2, 0) is 18.4 Å². The quantitative estimate of drug-likeness (QED) is 0.884. The molecular formula is C16H24N4O. The average molecular weight is 288 g/mol. The van der Waals surface area contributed by atoms with E-state index in [0.717, 1.165) is 17.9 Å². The van der Waals surface area contributed by atoms with Gasteiger partial charge in [-0.3, -0.25) is 0 Å². The molecule has 5 nitrogen and oxygen atoms in total. The fourth-order valence-corrected chi connectivity index (χ4v) is 2.11. The summed E-state index contributed by atoms with van der Waals surface area (Å²) < 4.78 is 7.60. The second-order valence-electron chi connectivity index (χ2n) is 6.11. The average Bonchev–Trinajstić information content (AvgIpc) is 2.86. The SMILES string of the molecule is CC(C)(C)c1ccc(OCCn2nncc2CCN)cc1. The minimum absolute atomic E-state index is 0.163. The molecule has 2 N–H and O–H groups in total. The Labute approximate surface area is 126 Å². The van der Waals surface area contributed by atoms with Crippen LogP contribution in [0.2, 0.25) is 0 Å². The summed E-state index contributed by atoms with van der Waals surface area (Å²) >= 11 is 0. The lowest BCUT2D eigenvalue weighted by atomic mass is 9.87. The summed E-state index contributed by atoms with van der Waals surface area (Å²) in [6, 6.07) is 8.26. The van der Waals surface area contributed by atoms with E-state index in [1.807, 2.05) is 16.8 Å². The molecule has 0 amide bonds. The van der Waals surface area contributed by atoms with Crippen LogP contribution in [0.1, 0.15) is 32.0 Å². The molecule has 0 bridgehead atoms. The van der Waals surface area contributed by atoms with E-state index in [-0.39, 0.29) is 5.41 Å².